The summed E-state index contributed by atoms with van der Waals surface area (Å²) in [6.07, 6.45) is 1.04. The van der Waals surface area contributed by atoms with Crippen LogP contribution in [0.25, 0.3) is 21.7 Å². The highest BCUT2D eigenvalue weighted by atomic mass is 32.1. The fraction of sp³-hybridized carbons (Fsp3) is 0.192. The maximum Gasteiger partial charge on any atom is 0.122 e. The Labute approximate surface area is 177 Å². The van der Waals surface area contributed by atoms with E-state index in [1.165, 1.54) is 27.1 Å². The average Bonchev–Trinajstić information content (AvgIpc) is 3.19. The molecule has 0 aliphatic rings. The molecule has 2 nitrogen and oxygen atoms in total. The molecule has 0 unspecified atom stereocenters. The number of aryl methyl sites for hydroxylation is 2. The Bertz CT molecular complexity index is 1100. The highest BCUT2D eigenvalue weighted by Crippen LogP contribution is 2.37. The van der Waals surface area contributed by atoms with Crippen molar-refractivity contribution in [3.63, 3.8) is 0 Å². The Morgan fingerprint density at radius 3 is 2.31 bits per heavy atom. The zero-order valence-electron chi connectivity index (χ0n) is 17.1. The quantitative estimate of drug-likeness (QED) is 0.341. The van der Waals surface area contributed by atoms with Crippen molar-refractivity contribution >= 4 is 11.5 Å². The summed E-state index contributed by atoms with van der Waals surface area (Å²) in [6.45, 7) is 6.90. The minimum Gasteiger partial charge on any atom is -0.488 e. The molecule has 0 amide bonds. The number of hydrogen-bond donors (Lipinski definition) is 0. The predicted octanol–water partition coefficient (Wildman–Crippen LogP) is 7.24. The van der Waals surface area contributed by atoms with Gasteiger partial charge in [0.2, 0.25) is 0 Å². The highest BCUT2D eigenvalue weighted by Gasteiger charge is 2.18. The molecule has 4 aromatic rings. The van der Waals surface area contributed by atoms with Crippen LogP contribution in [0, 0.1) is 13.8 Å². The Morgan fingerprint density at radius 1 is 0.828 bits per heavy atom. The third kappa shape index (κ3) is 4.10. The van der Waals surface area contributed by atoms with Gasteiger partial charge in [-0.3, -0.25) is 0 Å². The molecule has 146 valence electrons. The van der Waals surface area contributed by atoms with Gasteiger partial charge in [-0.2, -0.15) is 4.37 Å². The third-order valence-corrected chi connectivity index (χ3v) is 6.33. The number of ether oxygens (including phenoxy) is 1. The fourth-order valence-electron chi connectivity index (χ4n) is 3.42. The first-order chi connectivity index (χ1) is 14.2. The number of benzene rings is 3. The molecule has 3 heteroatoms. The Hall–Kier alpha value is -2.91. The molecule has 0 saturated carbocycles. The second kappa shape index (κ2) is 8.62. The van der Waals surface area contributed by atoms with E-state index in [2.05, 4.69) is 75.4 Å². The van der Waals surface area contributed by atoms with Gasteiger partial charge in [0.15, 0.2) is 0 Å². The molecular formula is C26H25NOS. The van der Waals surface area contributed by atoms with E-state index in [0.29, 0.717) is 6.61 Å². The summed E-state index contributed by atoms with van der Waals surface area (Å²) in [5, 5.41) is 0. The second-order valence-electron chi connectivity index (χ2n) is 7.24. The first-order valence-corrected chi connectivity index (χ1v) is 10.8. The standard InChI is InChI=1S/C26H25NOS/c1-4-20-13-15-21(16-14-20)25-23(17-28-24-12-8-9-18(2)19(24)3)26(29-27-25)22-10-6-5-7-11-22/h5-16H,4,17H2,1-3H3. The van der Waals surface area contributed by atoms with Crippen LogP contribution in [0.1, 0.15) is 29.2 Å². The van der Waals surface area contributed by atoms with Crippen molar-refractivity contribution in [1.29, 1.82) is 0 Å². The van der Waals surface area contributed by atoms with Gasteiger partial charge in [-0.25, -0.2) is 0 Å². The Balaban J connectivity index is 1.74. The molecule has 0 fully saturated rings. The van der Waals surface area contributed by atoms with Crippen LogP contribution in [-0.2, 0) is 13.0 Å². The summed E-state index contributed by atoms with van der Waals surface area (Å²) in [5.41, 5.74) is 8.24. The van der Waals surface area contributed by atoms with Crippen molar-refractivity contribution in [3.8, 4) is 27.4 Å². The van der Waals surface area contributed by atoms with Crippen LogP contribution in [0.3, 0.4) is 0 Å². The van der Waals surface area contributed by atoms with Crippen LogP contribution in [0.15, 0.2) is 72.8 Å². The van der Waals surface area contributed by atoms with Crippen molar-refractivity contribution in [2.45, 2.75) is 33.8 Å². The van der Waals surface area contributed by atoms with Gasteiger partial charge in [0.25, 0.3) is 0 Å². The summed E-state index contributed by atoms with van der Waals surface area (Å²) in [7, 11) is 0. The highest BCUT2D eigenvalue weighted by molar-refractivity contribution is 7.10. The molecule has 0 radical (unpaired) electrons. The lowest BCUT2D eigenvalue weighted by Gasteiger charge is -2.13. The molecule has 29 heavy (non-hydrogen) atoms. The Morgan fingerprint density at radius 2 is 1.59 bits per heavy atom. The van der Waals surface area contributed by atoms with Crippen LogP contribution in [0.2, 0.25) is 0 Å². The molecule has 0 bridgehead atoms. The smallest absolute Gasteiger partial charge is 0.122 e. The third-order valence-electron chi connectivity index (χ3n) is 5.39. The van der Waals surface area contributed by atoms with Crippen LogP contribution in [0.4, 0.5) is 0 Å². The van der Waals surface area contributed by atoms with E-state index in [4.69, 9.17) is 9.11 Å². The number of aromatic nitrogens is 1. The molecule has 4 rings (SSSR count). The van der Waals surface area contributed by atoms with Gasteiger partial charge in [0.1, 0.15) is 12.4 Å². The normalized spacial score (nSPS) is 10.9. The van der Waals surface area contributed by atoms with E-state index >= 15 is 0 Å². The number of nitrogens with zero attached hydrogens (tertiary/aromatic N) is 1. The summed E-state index contributed by atoms with van der Waals surface area (Å²) in [6, 6.07) is 25.4. The van der Waals surface area contributed by atoms with Gasteiger partial charge in [0.05, 0.1) is 10.6 Å². The lowest BCUT2D eigenvalue weighted by molar-refractivity contribution is 0.305. The minimum absolute atomic E-state index is 0.496. The first-order valence-electron chi connectivity index (χ1n) is 9.99. The van der Waals surface area contributed by atoms with Crippen molar-refractivity contribution in [2.24, 2.45) is 0 Å². The van der Waals surface area contributed by atoms with Gasteiger partial charge in [0, 0.05) is 11.1 Å². The first kappa shape index (κ1) is 19.4. The Kier molecular flexibility index (Phi) is 5.77. The topological polar surface area (TPSA) is 22.1 Å². The van der Waals surface area contributed by atoms with Gasteiger partial charge >= 0.3 is 0 Å². The van der Waals surface area contributed by atoms with E-state index in [1.54, 1.807) is 11.5 Å². The summed E-state index contributed by atoms with van der Waals surface area (Å²) in [4.78, 5) is 1.17. The number of hydrogen-bond acceptors (Lipinski definition) is 3. The molecule has 0 atom stereocenters. The minimum atomic E-state index is 0.496. The maximum absolute atomic E-state index is 6.30. The van der Waals surface area contributed by atoms with Crippen LogP contribution in [0.5, 0.6) is 5.75 Å². The van der Waals surface area contributed by atoms with Crippen molar-refractivity contribution < 1.29 is 4.74 Å². The van der Waals surface area contributed by atoms with Crippen LogP contribution in [-0.4, -0.2) is 4.37 Å². The average molecular weight is 400 g/mol. The molecule has 3 aromatic carbocycles. The van der Waals surface area contributed by atoms with Crippen molar-refractivity contribution in [3.05, 3.63) is 95.1 Å². The van der Waals surface area contributed by atoms with Crippen molar-refractivity contribution in [1.82, 2.24) is 4.37 Å². The maximum atomic E-state index is 6.30. The molecule has 0 spiro atoms. The van der Waals surface area contributed by atoms with Gasteiger partial charge in [-0.1, -0.05) is 73.7 Å². The van der Waals surface area contributed by atoms with Crippen LogP contribution < -0.4 is 4.74 Å². The zero-order chi connectivity index (χ0) is 20.2. The van der Waals surface area contributed by atoms with E-state index in [1.807, 2.05) is 18.2 Å². The summed E-state index contributed by atoms with van der Waals surface area (Å²) >= 11 is 1.55. The summed E-state index contributed by atoms with van der Waals surface area (Å²) in [5.74, 6) is 0.933. The molecule has 1 heterocycles. The van der Waals surface area contributed by atoms with Crippen molar-refractivity contribution in [2.75, 3.05) is 0 Å². The molecule has 0 saturated heterocycles. The zero-order valence-corrected chi connectivity index (χ0v) is 17.9. The summed E-state index contributed by atoms with van der Waals surface area (Å²) < 4.78 is 11.1. The molecule has 0 N–H and O–H groups in total. The van der Waals surface area contributed by atoms with E-state index in [9.17, 15) is 0 Å². The largest absolute Gasteiger partial charge is 0.488 e. The van der Waals surface area contributed by atoms with Gasteiger partial charge in [-0.05, 0) is 60.1 Å². The lowest BCUT2D eigenvalue weighted by atomic mass is 10.0. The molecular weight excluding hydrogens is 374 g/mol. The van der Waals surface area contributed by atoms with E-state index in [-0.39, 0.29) is 0 Å². The lowest BCUT2D eigenvalue weighted by Crippen LogP contribution is -2.00. The van der Waals surface area contributed by atoms with Gasteiger partial charge in [-0.15, -0.1) is 0 Å². The van der Waals surface area contributed by atoms with E-state index in [0.717, 1.165) is 29.0 Å². The molecule has 0 aliphatic heterocycles. The molecule has 1 aromatic heterocycles. The van der Waals surface area contributed by atoms with Gasteiger partial charge < -0.3 is 4.74 Å². The monoisotopic (exact) mass is 399 g/mol. The molecule has 0 aliphatic carbocycles. The fourth-order valence-corrected chi connectivity index (χ4v) is 4.32. The van der Waals surface area contributed by atoms with E-state index < -0.39 is 0 Å². The number of rotatable bonds is 6. The second-order valence-corrected chi connectivity index (χ2v) is 8.02. The predicted molar refractivity (Wildman–Crippen MR) is 123 cm³/mol. The SMILES string of the molecule is CCc1ccc(-c2nsc(-c3ccccc3)c2COc2cccc(C)c2C)cc1. The van der Waals surface area contributed by atoms with Crippen LogP contribution >= 0.6 is 11.5 Å².